The summed E-state index contributed by atoms with van der Waals surface area (Å²) in [5.74, 6) is 0. The van der Waals surface area contributed by atoms with Crippen LogP contribution >= 0.6 is 77.0 Å². The summed E-state index contributed by atoms with van der Waals surface area (Å²) in [6.07, 6.45) is 5.50. The Morgan fingerprint density at radius 1 is 1.17 bits per heavy atom. The summed E-state index contributed by atoms with van der Waals surface area (Å²) in [7, 11) is 0. The highest BCUT2D eigenvalue weighted by molar-refractivity contribution is 14.1. The zero-order valence-electron chi connectivity index (χ0n) is 6.91. The summed E-state index contributed by atoms with van der Waals surface area (Å²) >= 11 is 12.1. The van der Waals surface area contributed by atoms with Gasteiger partial charge in [0.2, 0.25) is 0 Å². The largest absolute Gasteiger partial charge is 0.0916 e. The zero-order chi connectivity index (χ0) is 9.40. The molecule has 0 saturated carbocycles. The quantitative estimate of drug-likeness (QED) is 0.252. The van der Waals surface area contributed by atoms with Gasteiger partial charge in [0.05, 0.1) is 0 Å². The first-order valence-corrected chi connectivity index (χ1v) is 8.93. The summed E-state index contributed by atoms with van der Waals surface area (Å²) in [6, 6.07) is 0. The predicted molar refractivity (Wildman–Crippen MR) is 81.7 cm³/mol. The minimum atomic E-state index is 0.637. The van der Waals surface area contributed by atoms with Crippen LogP contribution in [0, 0.1) is 0 Å². The van der Waals surface area contributed by atoms with E-state index in [1.165, 1.54) is 30.1 Å². The molecule has 0 heterocycles. The Labute approximate surface area is 120 Å². The maximum Gasteiger partial charge on any atom is 0.0360 e. The SMILES string of the molecule is BrCC(Br)C(I)CCCCCI. The van der Waals surface area contributed by atoms with Crippen molar-refractivity contribution in [2.24, 2.45) is 0 Å². The molecule has 0 bridgehead atoms. The molecule has 0 nitrogen and oxygen atoms in total. The molecule has 0 aromatic rings. The lowest BCUT2D eigenvalue weighted by atomic mass is 10.1. The van der Waals surface area contributed by atoms with Gasteiger partial charge in [-0.3, -0.25) is 0 Å². The predicted octanol–water partition coefficient (Wildman–Crippen LogP) is 4.94. The van der Waals surface area contributed by atoms with Crippen LogP contribution in [0.25, 0.3) is 0 Å². The Balaban J connectivity index is 3.24. The second-order valence-electron chi connectivity index (χ2n) is 2.72. The maximum absolute atomic E-state index is 3.66. The van der Waals surface area contributed by atoms with Crippen LogP contribution in [-0.2, 0) is 0 Å². The normalized spacial score (nSPS) is 16.0. The standard InChI is InChI=1S/C8H14Br2I2/c9-6-7(10)8(12)4-2-1-3-5-11/h7-8H,1-6H2. The van der Waals surface area contributed by atoms with Crippen LogP contribution in [0.4, 0.5) is 0 Å². The molecule has 12 heavy (non-hydrogen) atoms. The van der Waals surface area contributed by atoms with Crippen molar-refractivity contribution in [2.75, 3.05) is 9.76 Å². The van der Waals surface area contributed by atoms with E-state index >= 15 is 0 Å². The minimum Gasteiger partial charge on any atom is -0.0916 e. The molecule has 0 saturated heterocycles. The molecule has 0 fully saturated rings. The second kappa shape index (κ2) is 9.96. The third-order valence-electron chi connectivity index (χ3n) is 1.65. The van der Waals surface area contributed by atoms with E-state index in [1.54, 1.807) is 0 Å². The van der Waals surface area contributed by atoms with Crippen molar-refractivity contribution in [2.45, 2.75) is 34.4 Å². The van der Waals surface area contributed by atoms with Crippen LogP contribution in [0.1, 0.15) is 25.7 Å². The molecule has 4 heteroatoms. The van der Waals surface area contributed by atoms with Gasteiger partial charge in [0, 0.05) is 14.1 Å². The number of hydrogen-bond donors (Lipinski definition) is 0. The molecular formula is C8H14Br2I2. The van der Waals surface area contributed by atoms with E-state index in [9.17, 15) is 0 Å². The van der Waals surface area contributed by atoms with Crippen molar-refractivity contribution in [3.63, 3.8) is 0 Å². The van der Waals surface area contributed by atoms with E-state index in [0.29, 0.717) is 4.83 Å². The van der Waals surface area contributed by atoms with E-state index in [0.717, 1.165) is 9.25 Å². The van der Waals surface area contributed by atoms with E-state index in [1.807, 2.05) is 0 Å². The Morgan fingerprint density at radius 3 is 2.33 bits per heavy atom. The summed E-state index contributed by atoms with van der Waals surface area (Å²) in [5.41, 5.74) is 0. The van der Waals surface area contributed by atoms with E-state index in [2.05, 4.69) is 77.0 Å². The third kappa shape index (κ3) is 7.79. The molecule has 0 aromatic carbocycles. The monoisotopic (exact) mass is 522 g/mol. The number of halogens is 4. The number of alkyl halides is 4. The smallest absolute Gasteiger partial charge is 0.0360 e. The van der Waals surface area contributed by atoms with Gasteiger partial charge < -0.3 is 0 Å². The van der Waals surface area contributed by atoms with Crippen molar-refractivity contribution in [1.29, 1.82) is 0 Å². The molecule has 0 aliphatic carbocycles. The number of unbranched alkanes of at least 4 members (excludes halogenated alkanes) is 2. The molecule has 0 aromatic heterocycles. The van der Waals surface area contributed by atoms with Gasteiger partial charge in [-0.25, -0.2) is 0 Å². The van der Waals surface area contributed by atoms with E-state index in [4.69, 9.17) is 0 Å². The highest BCUT2D eigenvalue weighted by Gasteiger charge is 2.13. The summed E-state index contributed by atoms with van der Waals surface area (Å²) in [6.45, 7) is 0. The van der Waals surface area contributed by atoms with Crippen LogP contribution < -0.4 is 0 Å². The average molecular weight is 524 g/mol. The second-order valence-corrected chi connectivity index (χ2v) is 7.23. The van der Waals surface area contributed by atoms with Crippen molar-refractivity contribution in [1.82, 2.24) is 0 Å². The van der Waals surface area contributed by atoms with Gasteiger partial charge in [-0.1, -0.05) is 89.9 Å². The molecule has 0 aliphatic rings. The average Bonchev–Trinajstić information content (AvgIpc) is 2.10. The van der Waals surface area contributed by atoms with Gasteiger partial charge in [-0.2, -0.15) is 0 Å². The molecule has 0 rings (SSSR count). The number of rotatable bonds is 7. The molecule has 74 valence electrons. The van der Waals surface area contributed by atoms with Crippen LogP contribution in [0.2, 0.25) is 0 Å². The highest BCUT2D eigenvalue weighted by atomic mass is 127. The van der Waals surface area contributed by atoms with Gasteiger partial charge in [0.1, 0.15) is 0 Å². The lowest BCUT2D eigenvalue weighted by Crippen LogP contribution is -2.14. The van der Waals surface area contributed by atoms with E-state index < -0.39 is 0 Å². The minimum absolute atomic E-state index is 0.637. The van der Waals surface area contributed by atoms with Gasteiger partial charge in [0.25, 0.3) is 0 Å². The first-order chi connectivity index (χ1) is 5.72. The van der Waals surface area contributed by atoms with E-state index in [-0.39, 0.29) is 0 Å². The molecule has 0 N–H and O–H groups in total. The Hall–Kier alpha value is 2.42. The van der Waals surface area contributed by atoms with Crippen LogP contribution in [0.15, 0.2) is 0 Å². The fraction of sp³-hybridized carbons (Fsp3) is 1.00. The fourth-order valence-corrected chi connectivity index (χ4v) is 3.54. The van der Waals surface area contributed by atoms with Crippen molar-refractivity contribution < 1.29 is 0 Å². The van der Waals surface area contributed by atoms with Crippen molar-refractivity contribution in [3.05, 3.63) is 0 Å². The topological polar surface area (TPSA) is 0 Å². The molecule has 0 aliphatic heterocycles. The van der Waals surface area contributed by atoms with Crippen LogP contribution in [0.5, 0.6) is 0 Å². The molecule has 0 radical (unpaired) electrons. The van der Waals surface area contributed by atoms with Gasteiger partial charge in [-0.15, -0.1) is 0 Å². The van der Waals surface area contributed by atoms with Gasteiger partial charge in [0.15, 0.2) is 0 Å². The van der Waals surface area contributed by atoms with Crippen LogP contribution in [-0.4, -0.2) is 18.5 Å². The summed E-state index contributed by atoms with van der Waals surface area (Å²) in [4.78, 5) is 0.637. The van der Waals surface area contributed by atoms with Gasteiger partial charge >= 0.3 is 0 Å². The molecule has 0 amide bonds. The summed E-state index contributed by atoms with van der Waals surface area (Å²) in [5, 5.41) is 1.06. The first-order valence-electron chi connectivity index (χ1n) is 4.12. The zero-order valence-corrected chi connectivity index (χ0v) is 14.4. The molecule has 2 atom stereocenters. The maximum atomic E-state index is 3.66. The Kier molecular flexibility index (Phi) is 12.0. The molecule has 2 unspecified atom stereocenters. The lowest BCUT2D eigenvalue weighted by molar-refractivity contribution is 0.662. The molecular weight excluding hydrogens is 510 g/mol. The van der Waals surface area contributed by atoms with Crippen molar-refractivity contribution in [3.8, 4) is 0 Å². The Morgan fingerprint density at radius 2 is 1.83 bits per heavy atom. The third-order valence-corrected chi connectivity index (χ3v) is 7.42. The lowest BCUT2D eigenvalue weighted by Gasteiger charge is -2.13. The fourth-order valence-electron chi connectivity index (χ4n) is 0.888. The summed E-state index contributed by atoms with van der Waals surface area (Å²) < 4.78 is 2.08. The van der Waals surface area contributed by atoms with Crippen molar-refractivity contribution >= 4 is 77.0 Å². The highest BCUT2D eigenvalue weighted by Crippen LogP contribution is 2.22. The van der Waals surface area contributed by atoms with Crippen LogP contribution in [0.3, 0.4) is 0 Å². The first kappa shape index (κ1) is 14.4. The number of hydrogen-bond acceptors (Lipinski definition) is 0. The Bertz CT molecular complexity index is 101. The molecule has 0 spiro atoms. The van der Waals surface area contributed by atoms with Gasteiger partial charge in [-0.05, 0) is 17.3 Å².